The van der Waals surface area contributed by atoms with E-state index in [9.17, 15) is 9.59 Å². The van der Waals surface area contributed by atoms with E-state index in [1.807, 2.05) is 54.1 Å². The molecule has 0 saturated carbocycles. The molecule has 0 aliphatic heterocycles. The minimum Gasteiger partial charge on any atom is -0.350 e. The lowest BCUT2D eigenvalue weighted by atomic mass is 9.82. The van der Waals surface area contributed by atoms with Gasteiger partial charge in [-0.05, 0) is 36.5 Å². The van der Waals surface area contributed by atoms with Crippen LogP contribution in [0.15, 0.2) is 54.7 Å². The summed E-state index contributed by atoms with van der Waals surface area (Å²) in [5.41, 5.74) is 9.01. The summed E-state index contributed by atoms with van der Waals surface area (Å²) < 4.78 is 1.91. The highest BCUT2D eigenvalue weighted by Gasteiger charge is 2.26. The minimum absolute atomic E-state index is 0.161. The average Bonchev–Trinajstić information content (AvgIpc) is 3.02. The molecule has 0 radical (unpaired) electrons. The Kier molecular flexibility index (Phi) is 4.21. The summed E-state index contributed by atoms with van der Waals surface area (Å²) in [6.07, 6.45) is 4.56. The largest absolute Gasteiger partial charge is 0.350 e. The van der Waals surface area contributed by atoms with Crippen molar-refractivity contribution >= 4 is 22.7 Å². The summed E-state index contributed by atoms with van der Waals surface area (Å²) in [5, 5.41) is 0.866. The van der Waals surface area contributed by atoms with Crippen LogP contribution in [0, 0.1) is 0 Å². The van der Waals surface area contributed by atoms with Crippen molar-refractivity contribution in [1.29, 1.82) is 0 Å². The minimum atomic E-state index is -0.306. The second-order valence-electron chi connectivity index (χ2n) is 6.76. The summed E-state index contributed by atoms with van der Waals surface area (Å²) in [4.78, 5) is 25.2. The number of aromatic nitrogens is 1. The van der Waals surface area contributed by atoms with Crippen molar-refractivity contribution in [2.75, 3.05) is 0 Å². The van der Waals surface area contributed by atoms with Gasteiger partial charge in [-0.15, -0.1) is 0 Å². The Hall–Kier alpha value is -3.08. The number of hydrogen-bond acceptors (Lipinski definition) is 2. The van der Waals surface area contributed by atoms with Crippen LogP contribution >= 0.6 is 0 Å². The molecule has 2 amide bonds. The van der Waals surface area contributed by atoms with Gasteiger partial charge in [-0.2, -0.15) is 0 Å². The number of hydrogen-bond donors (Lipinski definition) is 2. The van der Waals surface area contributed by atoms with Crippen LogP contribution in [0.5, 0.6) is 0 Å². The topological polar surface area (TPSA) is 63.1 Å². The quantitative estimate of drug-likeness (QED) is 0.700. The Morgan fingerprint density at radius 1 is 1.04 bits per heavy atom. The molecule has 0 unspecified atom stereocenters. The zero-order valence-corrected chi connectivity index (χ0v) is 14.7. The number of carbonyl (C=O) groups is 2. The molecule has 5 nitrogen and oxygen atoms in total. The number of fused-ring (bicyclic) bond motifs is 2. The maximum absolute atomic E-state index is 12.6. The van der Waals surface area contributed by atoms with E-state index in [0.717, 1.165) is 35.7 Å². The normalized spacial score (nSPS) is 16.1. The molecule has 5 heteroatoms. The van der Waals surface area contributed by atoms with Crippen LogP contribution in [0.1, 0.15) is 40.2 Å². The molecular formula is C21H21N3O2. The number of rotatable bonds is 2. The third-order valence-electron chi connectivity index (χ3n) is 5.13. The van der Waals surface area contributed by atoms with Gasteiger partial charge >= 0.3 is 0 Å². The van der Waals surface area contributed by atoms with Crippen molar-refractivity contribution < 1.29 is 9.59 Å². The van der Waals surface area contributed by atoms with Crippen LogP contribution < -0.4 is 10.9 Å². The highest BCUT2D eigenvalue weighted by Crippen LogP contribution is 2.31. The number of amides is 2. The Morgan fingerprint density at radius 3 is 2.69 bits per heavy atom. The zero-order valence-electron chi connectivity index (χ0n) is 14.7. The molecule has 2 N–H and O–H groups in total. The summed E-state index contributed by atoms with van der Waals surface area (Å²) in [5.74, 6) is -0.683. The molecule has 0 saturated heterocycles. The van der Waals surface area contributed by atoms with Crippen molar-refractivity contribution in [3.8, 4) is 0 Å². The lowest BCUT2D eigenvalue weighted by molar-refractivity contribution is -0.123. The molecule has 0 bridgehead atoms. The standard InChI is InChI=1S/C21H21N3O2/c1-24-13-18(16-10-4-5-12-19(16)24)21(26)23-22-20(25)17-11-6-8-14-7-2-3-9-15(14)17/h2-5,7,9-10,12-13,17H,6,8,11H2,1H3,(H,22,25)(H,23,26)/t17-/m1/s1. The molecule has 0 spiro atoms. The predicted molar refractivity (Wildman–Crippen MR) is 101 cm³/mol. The zero-order chi connectivity index (χ0) is 18.1. The third-order valence-corrected chi connectivity index (χ3v) is 5.13. The fraction of sp³-hybridized carbons (Fsp3) is 0.238. The van der Waals surface area contributed by atoms with Gasteiger partial charge in [-0.3, -0.25) is 20.4 Å². The molecular weight excluding hydrogens is 326 g/mol. The van der Waals surface area contributed by atoms with Gasteiger partial charge in [0.2, 0.25) is 5.91 Å². The van der Waals surface area contributed by atoms with Crippen molar-refractivity contribution in [2.45, 2.75) is 25.2 Å². The lowest BCUT2D eigenvalue weighted by Gasteiger charge is -2.24. The van der Waals surface area contributed by atoms with Gasteiger partial charge in [-0.1, -0.05) is 42.5 Å². The summed E-state index contributed by atoms with van der Waals surface area (Å²) in [7, 11) is 1.90. The van der Waals surface area contributed by atoms with Gasteiger partial charge in [0.1, 0.15) is 0 Å². The molecule has 1 aliphatic rings. The Bertz CT molecular complexity index is 990. The molecule has 2 aromatic carbocycles. The predicted octanol–water partition coefficient (Wildman–Crippen LogP) is 3.06. The fourth-order valence-corrected chi connectivity index (χ4v) is 3.82. The van der Waals surface area contributed by atoms with Crippen LogP contribution in [0.2, 0.25) is 0 Å². The highest BCUT2D eigenvalue weighted by atomic mass is 16.2. The Labute approximate surface area is 152 Å². The van der Waals surface area contributed by atoms with Gasteiger partial charge in [0.05, 0.1) is 11.5 Å². The third kappa shape index (κ3) is 2.86. The SMILES string of the molecule is Cn1cc(C(=O)NNC(=O)[C@@H]2CCCc3ccccc32)c2ccccc21. The smallest absolute Gasteiger partial charge is 0.271 e. The maximum atomic E-state index is 12.6. The van der Waals surface area contributed by atoms with Crippen LogP contribution in [0.4, 0.5) is 0 Å². The molecule has 0 fully saturated rings. The first kappa shape index (κ1) is 16.4. The van der Waals surface area contributed by atoms with Crippen LogP contribution in [-0.2, 0) is 18.3 Å². The monoisotopic (exact) mass is 347 g/mol. The molecule has 1 aromatic heterocycles. The van der Waals surface area contributed by atoms with Crippen LogP contribution in [0.25, 0.3) is 10.9 Å². The van der Waals surface area contributed by atoms with E-state index < -0.39 is 0 Å². The molecule has 26 heavy (non-hydrogen) atoms. The van der Waals surface area contributed by atoms with E-state index in [-0.39, 0.29) is 17.7 Å². The van der Waals surface area contributed by atoms with Gasteiger partial charge in [0.15, 0.2) is 0 Å². The molecule has 4 rings (SSSR count). The van der Waals surface area contributed by atoms with E-state index in [2.05, 4.69) is 16.9 Å². The van der Waals surface area contributed by atoms with Gasteiger partial charge in [-0.25, -0.2) is 0 Å². The lowest BCUT2D eigenvalue weighted by Crippen LogP contribution is -2.44. The molecule has 1 atom stereocenters. The highest BCUT2D eigenvalue weighted by molar-refractivity contribution is 6.07. The number of nitrogens with zero attached hydrogens (tertiary/aromatic N) is 1. The van der Waals surface area contributed by atoms with E-state index in [1.165, 1.54) is 5.56 Å². The second kappa shape index (κ2) is 6.67. The number of benzene rings is 2. The van der Waals surface area contributed by atoms with Gasteiger partial charge in [0.25, 0.3) is 5.91 Å². The van der Waals surface area contributed by atoms with E-state index in [1.54, 1.807) is 6.20 Å². The first-order valence-corrected chi connectivity index (χ1v) is 8.87. The summed E-state index contributed by atoms with van der Waals surface area (Å²) in [6.45, 7) is 0. The first-order valence-electron chi connectivity index (χ1n) is 8.87. The number of carbonyl (C=O) groups excluding carboxylic acids is 2. The molecule has 1 heterocycles. The van der Waals surface area contributed by atoms with E-state index >= 15 is 0 Å². The number of hydrazine groups is 1. The summed E-state index contributed by atoms with van der Waals surface area (Å²) >= 11 is 0. The van der Waals surface area contributed by atoms with Gasteiger partial charge in [0, 0.05) is 24.1 Å². The average molecular weight is 347 g/mol. The fourth-order valence-electron chi connectivity index (χ4n) is 3.82. The molecule has 3 aromatic rings. The summed E-state index contributed by atoms with van der Waals surface area (Å²) in [6, 6.07) is 15.7. The molecule has 132 valence electrons. The van der Waals surface area contributed by atoms with E-state index in [4.69, 9.17) is 0 Å². The van der Waals surface area contributed by atoms with Crippen molar-refractivity contribution in [2.24, 2.45) is 7.05 Å². The van der Waals surface area contributed by atoms with Crippen molar-refractivity contribution in [3.05, 3.63) is 71.4 Å². The van der Waals surface area contributed by atoms with Crippen LogP contribution in [0.3, 0.4) is 0 Å². The maximum Gasteiger partial charge on any atom is 0.271 e. The Balaban J connectivity index is 1.49. The van der Waals surface area contributed by atoms with Crippen molar-refractivity contribution in [1.82, 2.24) is 15.4 Å². The second-order valence-corrected chi connectivity index (χ2v) is 6.76. The van der Waals surface area contributed by atoms with Crippen molar-refractivity contribution in [3.63, 3.8) is 0 Å². The number of para-hydroxylation sites is 1. The van der Waals surface area contributed by atoms with E-state index in [0.29, 0.717) is 5.56 Å². The Morgan fingerprint density at radius 2 is 1.81 bits per heavy atom. The molecule has 1 aliphatic carbocycles. The van der Waals surface area contributed by atoms with Gasteiger partial charge < -0.3 is 4.57 Å². The number of nitrogens with one attached hydrogen (secondary N) is 2. The number of aryl methyl sites for hydroxylation is 2. The first-order chi connectivity index (χ1) is 12.6. The van der Waals surface area contributed by atoms with Crippen LogP contribution in [-0.4, -0.2) is 16.4 Å².